The van der Waals surface area contributed by atoms with Gasteiger partial charge in [0.05, 0.1) is 26.4 Å². The molecule has 648 valence electrons. The first-order valence-electron chi connectivity index (χ1n) is 46.6. The van der Waals surface area contributed by atoms with Crippen molar-refractivity contribution in [3.63, 3.8) is 0 Å². The summed E-state index contributed by atoms with van der Waals surface area (Å²) in [7, 11) is -9.93. The Kier molecular flexibility index (Phi) is 81.1. The first-order chi connectivity index (χ1) is 53.0. The molecule has 0 heterocycles. The maximum Gasteiger partial charge on any atom is 0.472 e. The van der Waals surface area contributed by atoms with Crippen LogP contribution < -0.4 is 0 Å². The van der Waals surface area contributed by atoms with Crippen molar-refractivity contribution >= 4 is 39.5 Å². The lowest BCUT2D eigenvalue weighted by atomic mass is 10.0. The average Bonchev–Trinajstić information content (AvgIpc) is 0.900. The predicted molar refractivity (Wildman–Crippen MR) is 451 cm³/mol. The normalized spacial score (nSPS) is 13.7. The fourth-order valence-electron chi connectivity index (χ4n) is 14.2. The summed E-state index contributed by atoms with van der Waals surface area (Å²) in [4.78, 5) is 73.2. The molecule has 0 amide bonds. The van der Waals surface area contributed by atoms with Gasteiger partial charge in [-0.05, 0) is 31.6 Å². The van der Waals surface area contributed by atoms with Crippen LogP contribution in [0.4, 0.5) is 0 Å². The van der Waals surface area contributed by atoms with E-state index >= 15 is 0 Å². The van der Waals surface area contributed by atoms with Gasteiger partial charge in [-0.25, -0.2) is 9.13 Å². The minimum absolute atomic E-state index is 0.108. The number of aliphatic hydroxyl groups is 1. The van der Waals surface area contributed by atoms with Crippen LogP contribution in [0.2, 0.25) is 0 Å². The lowest BCUT2D eigenvalue weighted by Crippen LogP contribution is -2.30. The zero-order valence-electron chi connectivity index (χ0n) is 71.7. The largest absolute Gasteiger partial charge is 0.472 e. The smallest absolute Gasteiger partial charge is 0.462 e. The summed E-state index contributed by atoms with van der Waals surface area (Å²) in [6.07, 6.45) is 78.1. The van der Waals surface area contributed by atoms with E-state index in [4.69, 9.17) is 37.0 Å². The molecule has 0 bridgehead atoms. The Morgan fingerprint density at radius 2 is 0.422 bits per heavy atom. The highest BCUT2D eigenvalue weighted by Gasteiger charge is 2.31. The molecule has 2 unspecified atom stereocenters. The molecule has 3 N–H and O–H groups in total. The number of ether oxygens (including phenoxy) is 4. The molecule has 0 aromatic carbocycles. The number of hydrogen-bond donors (Lipinski definition) is 3. The van der Waals surface area contributed by atoms with E-state index in [1.54, 1.807) is 0 Å². The number of unbranched alkanes of at least 4 members (excludes halogenated alkanes) is 62. The van der Waals surface area contributed by atoms with Gasteiger partial charge >= 0.3 is 39.5 Å². The molecule has 17 nitrogen and oxygen atoms in total. The second-order valence-corrected chi connectivity index (χ2v) is 35.7. The zero-order chi connectivity index (χ0) is 79.7. The Balaban J connectivity index is 5.17. The van der Waals surface area contributed by atoms with E-state index in [0.29, 0.717) is 25.7 Å². The minimum Gasteiger partial charge on any atom is -0.462 e. The Hall–Kier alpha value is -1.94. The van der Waals surface area contributed by atoms with Gasteiger partial charge in [-0.15, -0.1) is 0 Å². The Labute approximate surface area is 670 Å². The Morgan fingerprint density at radius 3 is 0.624 bits per heavy atom. The first kappa shape index (κ1) is 107. The number of carbonyl (C=O) groups is 4. The standard InChI is InChI=1S/C90H176O17P2/c1-6-9-12-15-18-21-23-25-27-29-31-33-35-37-39-43-47-51-55-60-65-70-76-90(95)107-86(80-101-88(93)74-69-64-59-54-50-46-42-38-36-34-32-30-28-26-24-22-19-16-13-10-7-2)82-105-109(98,99)103-78-84(91)77-102-108(96,97)104-81-85(79-100-87(92)73-68-63-58-20-17-14-11-8-3)106-89(94)75-71-66-61-56-52-48-44-40-41-45-49-53-57-62-67-72-83(4)5/h83-86,91H,6-82H2,1-5H3,(H,96,97)(H,98,99)/t84-,85+,86+/m0/s1. The van der Waals surface area contributed by atoms with Gasteiger partial charge in [0.1, 0.15) is 19.3 Å². The molecule has 0 aromatic heterocycles. The summed E-state index contributed by atoms with van der Waals surface area (Å²) >= 11 is 0. The molecule has 0 radical (unpaired) electrons. The fourth-order valence-corrected chi connectivity index (χ4v) is 15.8. The van der Waals surface area contributed by atoms with Crippen molar-refractivity contribution in [3.8, 4) is 0 Å². The van der Waals surface area contributed by atoms with Crippen LogP contribution in [0.25, 0.3) is 0 Å². The molecule has 109 heavy (non-hydrogen) atoms. The maximum absolute atomic E-state index is 13.2. The van der Waals surface area contributed by atoms with Crippen molar-refractivity contribution in [1.82, 2.24) is 0 Å². The lowest BCUT2D eigenvalue weighted by molar-refractivity contribution is -0.161. The number of rotatable bonds is 90. The molecule has 0 aromatic rings. The van der Waals surface area contributed by atoms with Crippen LogP contribution in [0, 0.1) is 5.92 Å². The van der Waals surface area contributed by atoms with Gasteiger partial charge in [-0.1, -0.05) is 439 Å². The second kappa shape index (κ2) is 82.6. The average molecular weight is 1590 g/mol. The van der Waals surface area contributed by atoms with Crippen LogP contribution in [0.5, 0.6) is 0 Å². The number of phosphoric ester groups is 2. The Morgan fingerprint density at radius 1 is 0.248 bits per heavy atom. The number of esters is 4. The van der Waals surface area contributed by atoms with Crippen molar-refractivity contribution in [3.05, 3.63) is 0 Å². The molecular formula is C90H176O17P2. The molecule has 0 fully saturated rings. The van der Waals surface area contributed by atoms with Crippen LogP contribution in [0.15, 0.2) is 0 Å². The summed E-state index contributed by atoms with van der Waals surface area (Å²) < 4.78 is 68.9. The van der Waals surface area contributed by atoms with Gasteiger partial charge in [0, 0.05) is 25.7 Å². The van der Waals surface area contributed by atoms with Crippen LogP contribution >= 0.6 is 15.6 Å². The van der Waals surface area contributed by atoms with Gasteiger partial charge in [0.15, 0.2) is 12.2 Å². The van der Waals surface area contributed by atoms with Gasteiger partial charge in [-0.2, -0.15) is 0 Å². The number of carbonyl (C=O) groups excluding carboxylic acids is 4. The van der Waals surface area contributed by atoms with Crippen molar-refractivity contribution in [2.24, 2.45) is 5.92 Å². The number of phosphoric acid groups is 2. The topological polar surface area (TPSA) is 237 Å². The summed E-state index contributed by atoms with van der Waals surface area (Å²) in [5.41, 5.74) is 0. The van der Waals surface area contributed by atoms with E-state index < -0.39 is 97.5 Å². The van der Waals surface area contributed by atoms with Gasteiger partial charge < -0.3 is 33.8 Å². The van der Waals surface area contributed by atoms with Crippen LogP contribution in [-0.4, -0.2) is 96.7 Å². The molecule has 0 aliphatic heterocycles. The van der Waals surface area contributed by atoms with E-state index in [0.717, 1.165) is 102 Å². The third kappa shape index (κ3) is 83.8. The molecule has 0 rings (SSSR count). The quantitative estimate of drug-likeness (QED) is 0.0222. The predicted octanol–water partition coefficient (Wildman–Crippen LogP) is 27.9. The molecule has 0 spiro atoms. The van der Waals surface area contributed by atoms with Crippen molar-refractivity contribution < 1.29 is 80.2 Å². The molecule has 5 atom stereocenters. The number of aliphatic hydroxyl groups excluding tert-OH is 1. The van der Waals surface area contributed by atoms with Crippen molar-refractivity contribution in [1.29, 1.82) is 0 Å². The van der Waals surface area contributed by atoms with Gasteiger partial charge in [0.2, 0.25) is 0 Å². The molecule has 0 aliphatic carbocycles. The third-order valence-corrected chi connectivity index (χ3v) is 23.2. The van der Waals surface area contributed by atoms with E-state index in [-0.39, 0.29) is 25.7 Å². The number of hydrogen-bond acceptors (Lipinski definition) is 15. The van der Waals surface area contributed by atoms with E-state index in [9.17, 15) is 43.2 Å². The van der Waals surface area contributed by atoms with Gasteiger partial charge in [-0.3, -0.25) is 37.3 Å². The Bertz CT molecular complexity index is 2070. The molecular weight excluding hydrogens is 1410 g/mol. The van der Waals surface area contributed by atoms with Crippen LogP contribution in [0.1, 0.15) is 490 Å². The van der Waals surface area contributed by atoms with Gasteiger partial charge in [0.25, 0.3) is 0 Å². The molecule has 0 saturated carbocycles. The second-order valence-electron chi connectivity index (χ2n) is 32.8. The van der Waals surface area contributed by atoms with Crippen molar-refractivity contribution in [2.75, 3.05) is 39.6 Å². The summed E-state index contributed by atoms with van der Waals surface area (Å²) in [5, 5.41) is 10.7. The lowest BCUT2D eigenvalue weighted by Gasteiger charge is -2.21. The minimum atomic E-state index is -4.97. The highest BCUT2D eigenvalue weighted by Crippen LogP contribution is 2.45. The SMILES string of the molecule is CCCCCCCCCCCCCCCCCCCCCCCCC(=O)O[C@H](COC(=O)CCCCCCCCCCCCCCCCCCCCCCC)COP(=O)(O)OC[C@@H](O)COP(=O)(O)OC[C@@H](COC(=O)CCCCCCCCCC)OC(=O)CCCCCCCCCCCCCCCCCC(C)C. The summed E-state index contributed by atoms with van der Waals surface area (Å²) in [6.45, 7) is 7.38. The summed E-state index contributed by atoms with van der Waals surface area (Å²) in [6, 6.07) is 0. The maximum atomic E-state index is 13.2. The van der Waals surface area contributed by atoms with Crippen LogP contribution in [0.3, 0.4) is 0 Å². The van der Waals surface area contributed by atoms with Crippen LogP contribution in [-0.2, 0) is 65.4 Å². The molecule has 0 aliphatic rings. The fraction of sp³-hybridized carbons (Fsp3) is 0.956. The van der Waals surface area contributed by atoms with Crippen molar-refractivity contribution in [2.45, 2.75) is 509 Å². The zero-order valence-corrected chi connectivity index (χ0v) is 73.5. The highest BCUT2D eigenvalue weighted by molar-refractivity contribution is 7.47. The summed E-state index contributed by atoms with van der Waals surface area (Å²) in [5.74, 6) is -1.30. The third-order valence-electron chi connectivity index (χ3n) is 21.3. The highest BCUT2D eigenvalue weighted by atomic mass is 31.2. The van der Waals surface area contributed by atoms with E-state index in [2.05, 4.69) is 34.6 Å². The first-order valence-corrected chi connectivity index (χ1v) is 49.6. The molecule has 19 heteroatoms. The monoisotopic (exact) mass is 1590 g/mol. The van der Waals surface area contributed by atoms with E-state index in [1.165, 1.54) is 308 Å². The molecule has 0 saturated heterocycles. The van der Waals surface area contributed by atoms with E-state index in [1.807, 2.05) is 0 Å².